The van der Waals surface area contributed by atoms with Crippen molar-refractivity contribution in [3.8, 4) is 0 Å². The maximum absolute atomic E-state index is 12.5. The number of benzene rings is 1. The van der Waals surface area contributed by atoms with Crippen LogP contribution in [0, 0.1) is 0 Å². The lowest BCUT2D eigenvalue weighted by atomic mass is 10.1. The molecular weight excluding hydrogens is 354 g/mol. The molecule has 1 aliphatic heterocycles. The molecule has 0 spiro atoms. The number of hydrogen-bond donors (Lipinski definition) is 1. The summed E-state index contributed by atoms with van der Waals surface area (Å²) in [6, 6.07) is 8.24. The lowest BCUT2D eigenvalue weighted by molar-refractivity contribution is -0.121. The Morgan fingerprint density at radius 3 is 2.46 bits per heavy atom. The van der Waals surface area contributed by atoms with Gasteiger partial charge in [-0.2, -0.15) is 0 Å². The van der Waals surface area contributed by atoms with E-state index in [1.54, 1.807) is 11.8 Å². The van der Waals surface area contributed by atoms with Crippen LogP contribution in [0.2, 0.25) is 0 Å². The number of rotatable bonds is 6. The quantitative estimate of drug-likeness (QED) is 0.762. The van der Waals surface area contributed by atoms with Crippen molar-refractivity contribution >= 4 is 23.2 Å². The molecule has 0 unspecified atom stereocenters. The first-order valence-electron chi connectivity index (χ1n) is 10.6. The molecular formula is C22H33N3O3. The molecule has 0 atom stereocenters. The van der Waals surface area contributed by atoms with E-state index in [0.29, 0.717) is 32.2 Å². The molecule has 1 saturated carbocycles. The number of anilines is 2. The summed E-state index contributed by atoms with van der Waals surface area (Å²) in [6.45, 7) is 4.97. The van der Waals surface area contributed by atoms with Crippen molar-refractivity contribution in [1.82, 2.24) is 5.32 Å². The normalized spacial score (nSPS) is 18.4. The van der Waals surface area contributed by atoms with Crippen LogP contribution in [0.4, 0.5) is 11.4 Å². The Hall–Kier alpha value is -2.08. The Balaban J connectivity index is 1.63. The third kappa shape index (κ3) is 5.71. The van der Waals surface area contributed by atoms with Crippen LogP contribution in [-0.2, 0) is 14.3 Å². The van der Waals surface area contributed by atoms with Gasteiger partial charge in [-0.25, -0.2) is 0 Å². The summed E-state index contributed by atoms with van der Waals surface area (Å²) < 4.78 is 5.45. The van der Waals surface area contributed by atoms with E-state index in [2.05, 4.69) is 10.2 Å². The predicted octanol–water partition coefficient (Wildman–Crippen LogP) is 3.11. The standard InChI is InChI=1S/C22H33N3O3/c1-18(26)25(13-12-22(27)23-19-8-4-2-3-5-9-19)21-11-7-6-10-20(21)24-14-16-28-17-15-24/h6-7,10-11,19H,2-5,8-9,12-17H2,1H3,(H,23,27). The summed E-state index contributed by atoms with van der Waals surface area (Å²) in [7, 11) is 0. The average Bonchev–Trinajstić information content (AvgIpc) is 2.97. The molecule has 1 N–H and O–H groups in total. The lowest BCUT2D eigenvalue weighted by Crippen LogP contribution is -2.40. The van der Waals surface area contributed by atoms with E-state index < -0.39 is 0 Å². The van der Waals surface area contributed by atoms with Crippen LogP contribution in [0.25, 0.3) is 0 Å². The largest absolute Gasteiger partial charge is 0.378 e. The molecule has 1 saturated heterocycles. The SMILES string of the molecule is CC(=O)N(CCC(=O)NC1CCCCCC1)c1ccccc1N1CCOCC1. The molecule has 1 aliphatic carbocycles. The van der Waals surface area contributed by atoms with Gasteiger partial charge in [-0.1, -0.05) is 37.8 Å². The van der Waals surface area contributed by atoms with Crippen molar-refractivity contribution in [2.45, 2.75) is 57.9 Å². The summed E-state index contributed by atoms with van der Waals surface area (Å²) in [5, 5.41) is 3.18. The first kappa shape index (κ1) is 20.6. The van der Waals surface area contributed by atoms with Crippen molar-refractivity contribution in [1.29, 1.82) is 0 Å². The summed E-state index contributed by atoms with van der Waals surface area (Å²) in [5.74, 6) is 0.00461. The topological polar surface area (TPSA) is 61.9 Å². The summed E-state index contributed by atoms with van der Waals surface area (Å²) in [4.78, 5) is 28.9. The van der Waals surface area contributed by atoms with E-state index in [1.165, 1.54) is 25.7 Å². The molecule has 1 aromatic carbocycles. The molecule has 6 nitrogen and oxygen atoms in total. The van der Waals surface area contributed by atoms with Crippen LogP contribution in [0.3, 0.4) is 0 Å². The number of carbonyl (C=O) groups excluding carboxylic acids is 2. The van der Waals surface area contributed by atoms with Gasteiger partial charge in [0.05, 0.1) is 24.6 Å². The Morgan fingerprint density at radius 2 is 1.79 bits per heavy atom. The van der Waals surface area contributed by atoms with Gasteiger partial charge in [-0.15, -0.1) is 0 Å². The van der Waals surface area contributed by atoms with Gasteiger partial charge >= 0.3 is 0 Å². The Labute approximate surface area is 168 Å². The zero-order valence-electron chi connectivity index (χ0n) is 17.0. The number of para-hydroxylation sites is 2. The zero-order chi connectivity index (χ0) is 19.8. The molecule has 28 heavy (non-hydrogen) atoms. The fourth-order valence-electron chi connectivity index (χ4n) is 4.15. The molecule has 6 heteroatoms. The number of nitrogens with zero attached hydrogens (tertiary/aromatic N) is 2. The van der Waals surface area contributed by atoms with Crippen molar-refractivity contribution in [3.63, 3.8) is 0 Å². The number of hydrogen-bond acceptors (Lipinski definition) is 4. The van der Waals surface area contributed by atoms with Crippen molar-refractivity contribution in [2.75, 3.05) is 42.6 Å². The molecule has 0 radical (unpaired) electrons. The van der Waals surface area contributed by atoms with Gasteiger partial charge in [-0.05, 0) is 25.0 Å². The number of carbonyl (C=O) groups is 2. The Morgan fingerprint density at radius 1 is 1.11 bits per heavy atom. The Kier molecular flexibility index (Phi) is 7.71. The van der Waals surface area contributed by atoms with E-state index in [-0.39, 0.29) is 11.8 Å². The first-order valence-corrected chi connectivity index (χ1v) is 10.6. The third-order valence-corrected chi connectivity index (χ3v) is 5.69. The van der Waals surface area contributed by atoms with Gasteiger partial charge in [0.15, 0.2) is 0 Å². The second-order valence-corrected chi connectivity index (χ2v) is 7.76. The second kappa shape index (κ2) is 10.5. The Bertz CT molecular complexity index is 650. The average molecular weight is 388 g/mol. The third-order valence-electron chi connectivity index (χ3n) is 5.69. The van der Waals surface area contributed by atoms with Gasteiger partial charge < -0.3 is 19.9 Å². The first-order chi connectivity index (χ1) is 13.6. The minimum Gasteiger partial charge on any atom is -0.378 e. The fourth-order valence-corrected chi connectivity index (χ4v) is 4.15. The monoisotopic (exact) mass is 387 g/mol. The molecule has 154 valence electrons. The van der Waals surface area contributed by atoms with Gasteiger partial charge in [0.2, 0.25) is 11.8 Å². The summed E-state index contributed by atoms with van der Waals surface area (Å²) in [6.07, 6.45) is 7.39. The minimum atomic E-state index is -0.0389. The van der Waals surface area contributed by atoms with Crippen LogP contribution in [0.1, 0.15) is 51.9 Å². The van der Waals surface area contributed by atoms with Crippen molar-refractivity contribution < 1.29 is 14.3 Å². The summed E-state index contributed by atoms with van der Waals surface area (Å²) in [5.41, 5.74) is 1.91. The molecule has 2 fully saturated rings. The molecule has 0 aromatic heterocycles. The second-order valence-electron chi connectivity index (χ2n) is 7.76. The number of ether oxygens (including phenoxy) is 1. The van der Waals surface area contributed by atoms with E-state index in [4.69, 9.17) is 4.74 Å². The van der Waals surface area contributed by atoms with Crippen LogP contribution in [0.5, 0.6) is 0 Å². The van der Waals surface area contributed by atoms with Gasteiger partial charge in [0, 0.05) is 39.0 Å². The smallest absolute Gasteiger partial charge is 0.223 e. The van der Waals surface area contributed by atoms with E-state index >= 15 is 0 Å². The molecule has 1 heterocycles. The number of nitrogens with one attached hydrogen (secondary N) is 1. The summed E-state index contributed by atoms with van der Waals surface area (Å²) >= 11 is 0. The molecule has 1 aromatic rings. The highest BCUT2D eigenvalue weighted by Gasteiger charge is 2.22. The molecule has 3 rings (SSSR count). The van der Waals surface area contributed by atoms with Crippen LogP contribution >= 0.6 is 0 Å². The maximum Gasteiger partial charge on any atom is 0.223 e. The minimum absolute atomic E-state index is 0.0389. The van der Waals surface area contributed by atoms with E-state index in [9.17, 15) is 9.59 Å². The molecule has 2 aliphatic rings. The fraction of sp³-hybridized carbons (Fsp3) is 0.636. The van der Waals surface area contributed by atoms with E-state index in [0.717, 1.165) is 37.3 Å². The van der Waals surface area contributed by atoms with Crippen molar-refractivity contribution in [3.05, 3.63) is 24.3 Å². The number of amides is 2. The van der Waals surface area contributed by atoms with Gasteiger partial charge in [0.25, 0.3) is 0 Å². The van der Waals surface area contributed by atoms with E-state index in [1.807, 2.05) is 24.3 Å². The maximum atomic E-state index is 12.5. The van der Waals surface area contributed by atoms with Crippen LogP contribution in [-0.4, -0.2) is 50.7 Å². The highest BCUT2D eigenvalue weighted by atomic mass is 16.5. The lowest BCUT2D eigenvalue weighted by Gasteiger charge is -2.33. The molecule has 0 bridgehead atoms. The number of morpholine rings is 1. The van der Waals surface area contributed by atoms with Gasteiger partial charge in [0.1, 0.15) is 0 Å². The highest BCUT2D eigenvalue weighted by Crippen LogP contribution is 2.30. The predicted molar refractivity (Wildman–Crippen MR) is 112 cm³/mol. The molecule has 2 amide bonds. The van der Waals surface area contributed by atoms with Crippen molar-refractivity contribution in [2.24, 2.45) is 0 Å². The van der Waals surface area contributed by atoms with Crippen LogP contribution in [0.15, 0.2) is 24.3 Å². The van der Waals surface area contributed by atoms with Gasteiger partial charge in [-0.3, -0.25) is 9.59 Å². The highest BCUT2D eigenvalue weighted by molar-refractivity contribution is 5.96. The zero-order valence-corrected chi connectivity index (χ0v) is 17.0. The van der Waals surface area contributed by atoms with Crippen LogP contribution < -0.4 is 15.1 Å².